The standard InChI is InChI=1S/C23H35N3O/c1-2-3-4-5-14-27-22-12-10-19(11-13-22)21-16-25-23(26-17-21)20-8-6-18(15-24)7-9-20/h16-20,22H,2-14H2,1H3. The molecule has 2 aliphatic carbocycles. The Labute approximate surface area is 164 Å². The summed E-state index contributed by atoms with van der Waals surface area (Å²) in [6.07, 6.45) is 18.5. The maximum Gasteiger partial charge on any atom is 0.131 e. The third-order valence-corrected chi connectivity index (χ3v) is 6.46. The molecule has 0 aromatic carbocycles. The van der Waals surface area contributed by atoms with Crippen molar-refractivity contribution < 1.29 is 4.74 Å². The van der Waals surface area contributed by atoms with Gasteiger partial charge in [-0.3, -0.25) is 0 Å². The van der Waals surface area contributed by atoms with Gasteiger partial charge in [0.1, 0.15) is 5.82 Å². The Hall–Kier alpha value is -1.47. The minimum absolute atomic E-state index is 0.240. The van der Waals surface area contributed by atoms with E-state index >= 15 is 0 Å². The normalized spacial score (nSPS) is 28.6. The molecule has 148 valence electrons. The molecule has 4 nitrogen and oxygen atoms in total. The predicted molar refractivity (Wildman–Crippen MR) is 107 cm³/mol. The molecule has 1 aromatic heterocycles. The first-order valence-corrected chi connectivity index (χ1v) is 11.1. The molecular weight excluding hydrogens is 334 g/mol. The smallest absolute Gasteiger partial charge is 0.131 e. The van der Waals surface area contributed by atoms with Gasteiger partial charge in [-0.15, -0.1) is 0 Å². The summed E-state index contributed by atoms with van der Waals surface area (Å²) in [4.78, 5) is 9.40. The van der Waals surface area contributed by atoms with Crippen molar-refractivity contribution in [3.8, 4) is 6.07 Å². The van der Waals surface area contributed by atoms with E-state index in [-0.39, 0.29) is 5.92 Å². The van der Waals surface area contributed by atoms with Crippen molar-refractivity contribution in [1.29, 1.82) is 5.26 Å². The second-order valence-electron chi connectivity index (χ2n) is 8.46. The molecule has 0 aliphatic heterocycles. The molecule has 0 bridgehead atoms. The van der Waals surface area contributed by atoms with E-state index in [1.54, 1.807) is 0 Å². The number of unbranched alkanes of at least 4 members (excludes halogenated alkanes) is 3. The lowest BCUT2D eigenvalue weighted by molar-refractivity contribution is 0.0226. The molecule has 0 atom stereocenters. The minimum Gasteiger partial charge on any atom is -0.378 e. The molecule has 2 saturated carbocycles. The summed E-state index contributed by atoms with van der Waals surface area (Å²) in [6, 6.07) is 2.40. The Bertz CT molecular complexity index is 579. The highest BCUT2D eigenvalue weighted by atomic mass is 16.5. The molecule has 1 aromatic rings. The lowest BCUT2D eigenvalue weighted by atomic mass is 9.82. The molecule has 0 saturated heterocycles. The van der Waals surface area contributed by atoms with E-state index in [1.165, 1.54) is 56.9 Å². The maximum atomic E-state index is 9.04. The fraction of sp³-hybridized carbons (Fsp3) is 0.783. The topological polar surface area (TPSA) is 58.8 Å². The van der Waals surface area contributed by atoms with Gasteiger partial charge in [-0.25, -0.2) is 9.97 Å². The zero-order valence-corrected chi connectivity index (χ0v) is 16.9. The van der Waals surface area contributed by atoms with Gasteiger partial charge in [0, 0.05) is 30.8 Å². The van der Waals surface area contributed by atoms with Crippen LogP contribution in [0, 0.1) is 17.2 Å². The van der Waals surface area contributed by atoms with Gasteiger partial charge in [-0.2, -0.15) is 5.26 Å². The third-order valence-electron chi connectivity index (χ3n) is 6.46. The van der Waals surface area contributed by atoms with Gasteiger partial charge in [0.25, 0.3) is 0 Å². The van der Waals surface area contributed by atoms with Crippen molar-refractivity contribution in [1.82, 2.24) is 9.97 Å². The van der Waals surface area contributed by atoms with Crippen molar-refractivity contribution in [2.24, 2.45) is 5.92 Å². The van der Waals surface area contributed by atoms with E-state index in [0.29, 0.717) is 17.9 Å². The first-order valence-electron chi connectivity index (χ1n) is 11.1. The average molecular weight is 370 g/mol. The van der Waals surface area contributed by atoms with Crippen molar-refractivity contribution in [3.05, 3.63) is 23.8 Å². The van der Waals surface area contributed by atoms with Crippen LogP contribution in [0.15, 0.2) is 12.4 Å². The van der Waals surface area contributed by atoms with Crippen molar-refractivity contribution in [2.75, 3.05) is 6.61 Å². The third kappa shape index (κ3) is 6.01. The molecule has 2 fully saturated rings. The van der Waals surface area contributed by atoms with Crippen molar-refractivity contribution in [3.63, 3.8) is 0 Å². The second-order valence-corrected chi connectivity index (χ2v) is 8.46. The molecule has 3 rings (SSSR count). The van der Waals surface area contributed by atoms with Gasteiger partial charge < -0.3 is 4.74 Å². The molecule has 4 heteroatoms. The summed E-state index contributed by atoms with van der Waals surface area (Å²) >= 11 is 0. The Morgan fingerprint density at radius 1 is 0.926 bits per heavy atom. The Kier molecular flexibility index (Phi) is 8.08. The van der Waals surface area contributed by atoms with Crippen LogP contribution in [0.1, 0.15) is 107 Å². The van der Waals surface area contributed by atoms with Crippen LogP contribution in [0.5, 0.6) is 0 Å². The summed E-state index contributed by atoms with van der Waals surface area (Å²) in [5.74, 6) is 2.26. The summed E-state index contributed by atoms with van der Waals surface area (Å²) in [7, 11) is 0. The van der Waals surface area contributed by atoms with Gasteiger partial charge in [0.2, 0.25) is 0 Å². The molecule has 0 amide bonds. The highest BCUT2D eigenvalue weighted by Gasteiger charge is 2.26. The molecule has 0 radical (unpaired) electrons. The quantitative estimate of drug-likeness (QED) is 0.535. The van der Waals surface area contributed by atoms with E-state index in [0.717, 1.165) is 38.1 Å². The van der Waals surface area contributed by atoms with Crippen LogP contribution >= 0.6 is 0 Å². The predicted octanol–water partition coefficient (Wildman–Crippen LogP) is 5.90. The van der Waals surface area contributed by atoms with Gasteiger partial charge in [-0.1, -0.05) is 26.2 Å². The van der Waals surface area contributed by atoms with Crippen LogP contribution in [0.3, 0.4) is 0 Å². The molecule has 0 N–H and O–H groups in total. The molecule has 27 heavy (non-hydrogen) atoms. The number of ether oxygens (including phenoxy) is 1. The first-order chi connectivity index (χ1) is 13.3. The lowest BCUT2D eigenvalue weighted by Crippen LogP contribution is -2.21. The number of hydrogen-bond donors (Lipinski definition) is 0. The van der Waals surface area contributed by atoms with Crippen LogP contribution in [-0.4, -0.2) is 22.7 Å². The number of nitrogens with zero attached hydrogens (tertiary/aromatic N) is 3. The second kappa shape index (κ2) is 10.8. The molecule has 1 heterocycles. The first kappa shape index (κ1) is 20.3. The SMILES string of the molecule is CCCCCCOC1CCC(c2cnc(C3CCC(C#N)CC3)nc2)CC1. The Morgan fingerprint density at radius 3 is 2.22 bits per heavy atom. The fourth-order valence-electron chi connectivity index (χ4n) is 4.59. The van der Waals surface area contributed by atoms with Crippen LogP contribution < -0.4 is 0 Å². The fourth-order valence-corrected chi connectivity index (χ4v) is 4.59. The van der Waals surface area contributed by atoms with Crippen molar-refractivity contribution >= 4 is 0 Å². The Balaban J connectivity index is 1.40. The number of nitriles is 1. The van der Waals surface area contributed by atoms with E-state index in [9.17, 15) is 0 Å². The molecule has 0 spiro atoms. The number of hydrogen-bond acceptors (Lipinski definition) is 4. The van der Waals surface area contributed by atoms with Crippen molar-refractivity contribution in [2.45, 2.75) is 102 Å². The zero-order chi connectivity index (χ0) is 18.9. The highest BCUT2D eigenvalue weighted by Crippen LogP contribution is 2.36. The highest BCUT2D eigenvalue weighted by molar-refractivity contribution is 5.14. The molecular formula is C23H35N3O. The summed E-state index contributed by atoms with van der Waals surface area (Å²) < 4.78 is 6.08. The zero-order valence-electron chi connectivity index (χ0n) is 16.9. The average Bonchev–Trinajstić information content (AvgIpc) is 2.74. The van der Waals surface area contributed by atoms with E-state index in [4.69, 9.17) is 20.0 Å². The van der Waals surface area contributed by atoms with E-state index in [2.05, 4.69) is 25.4 Å². The maximum absolute atomic E-state index is 9.04. The monoisotopic (exact) mass is 369 g/mol. The van der Waals surface area contributed by atoms with E-state index < -0.39 is 0 Å². The summed E-state index contributed by atoms with van der Waals surface area (Å²) in [5.41, 5.74) is 1.30. The van der Waals surface area contributed by atoms with Crippen LogP contribution in [0.2, 0.25) is 0 Å². The van der Waals surface area contributed by atoms with Gasteiger partial charge in [0.05, 0.1) is 12.2 Å². The Morgan fingerprint density at radius 2 is 1.59 bits per heavy atom. The van der Waals surface area contributed by atoms with Crippen LogP contribution in [0.4, 0.5) is 0 Å². The molecule has 2 aliphatic rings. The van der Waals surface area contributed by atoms with E-state index in [1.807, 2.05) is 0 Å². The molecule has 0 unspecified atom stereocenters. The van der Waals surface area contributed by atoms with Gasteiger partial charge in [-0.05, 0) is 69.3 Å². The van der Waals surface area contributed by atoms with Gasteiger partial charge >= 0.3 is 0 Å². The summed E-state index contributed by atoms with van der Waals surface area (Å²) in [6.45, 7) is 3.18. The van der Waals surface area contributed by atoms with Gasteiger partial charge in [0.15, 0.2) is 0 Å². The minimum atomic E-state index is 0.240. The number of aromatic nitrogens is 2. The largest absolute Gasteiger partial charge is 0.378 e. The summed E-state index contributed by atoms with van der Waals surface area (Å²) in [5, 5.41) is 9.04. The lowest BCUT2D eigenvalue weighted by Gasteiger charge is -2.29. The number of rotatable bonds is 8. The van der Waals surface area contributed by atoms with Crippen LogP contribution in [0.25, 0.3) is 0 Å². The van der Waals surface area contributed by atoms with Crippen LogP contribution in [-0.2, 0) is 4.74 Å².